The molecule has 6 aromatic rings. The number of carbonyl (C=O) groups excluding carboxylic acids is 1. The predicted molar refractivity (Wildman–Crippen MR) is 146 cm³/mol. The summed E-state index contributed by atoms with van der Waals surface area (Å²) in [6.45, 7) is 3.94. The summed E-state index contributed by atoms with van der Waals surface area (Å²) in [5, 5.41) is 10.5. The van der Waals surface area contributed by atoms with Crippen molar-refractivity contribution in [2.75, 3.05) is 5.32 Å². The third-order valence-corrected chi connectivity index (χ3v) is 6.32. The molecule has 3 N–H and O–H groups in total. The lowest BCUT2D eigenvalue weighted by Gasteiger charge is -2.09. The molecule has 0 spiro atoms. The lowest BCUT2D eigenvalue weighted by Crippen LogP contribution is -2.13. The number of hydrogen-bond donors (Lipinski definition) is 3. The second-order valence-corrected chi connectivity index (χ2v) is 9.71. The fraction of sp³-hybridized carbons (Fsp3) is 0.138. The van der Waals surface area contributed by atoms with Gasteiger partial charge in [0.15, 0.2) is 11.6 Å². The van der Waals surface area contributed by atoms with E-state index in [-0.39, 0.29) is 23.2 Å². The van der Waals surface area contributed by atoms with E-state index >= 15 is 4.39 Å². The first-order chi connectivity index (χ1) is 18.9. The molecule has 0 saturated heterocycles. The minimum absolute atomic E-state index is 0.109. The van der Waals surface area contributed by atoms with Gasteiger partial charge >= 0.3 is 0 Å². The molecule has 6 rings (SSSR count). The van der Waals surface area contributed by atoms with Gasteiger partial charge in [-0.3, -0.25) is 19.9 Å². The smallest absolute Gasteiger partial charge is 0.224 e. The molecule has 0 aliphatic heterocycles. The van der Waals surface area contributed by atoms with Crippen molar-refractivity contribution in [1.29, 1.82) is 0 Å². The molecule has 39 heavy (non-hydrogen) atoms. The zero-order chi connectivity index (χ0) is 27.1. The van der Waals surface area contributed by atoms with Gasteiger partial charge < -0.3 is 10.3 Å². The highest BCUT2D eigenvalue weighted by Crippen LogP contribution is 2.34. The van der Waals surface area contributed by atoms with Crippen LogP contribution in [0, 0.1) is 17.6 Å². The molecule has 194 valence electrons. The van der Waals surface area contributed by atoms with Crippen molar-refractivity contribution in [3.05, 3.63) is 78.8 Å². The number of H-pyrrole nitrogens is 2. The van der Waals surface area contributed by atoms with Crippen LogP contribution in [-0.4, -0.2) is 36.0 Å². The number of benzene rings is 2. The lowest BCUT2D eigenvalue weighted by atomic mass is 10.0. The van der Waals surface area contributed by atoms with Gasteiger partial charge in [0.25, 0.3) is 0 Å². The average molecular weight is 524 g/mol. The van der Waals surface area contributed by atoms with Crippen LogP contribution in [0.2, 0.25) is 0 Å². The number of aromatic amines is 2. The summed E-state index contributed by atoms with van der Waals surface area (Å²) in [5.41, 5.74) is 5.02. The van der Waals surface area contributed by atoms with Gasteiger partial charge in [-0.15, -0.1) is 0 Å². The zero-order valence-corrected chi connectivity index (χ0v) is 21.1. The molecule has 0 unspecified atom stereocenters. The SMILES string of the molecule is CC(C)CC(=O)Nc1cncc(-c2cc(F)c3n[nH]c(-c4nc5c(-c6ccc(F)cc6)nccc5[nH]4)c3c2)c1. The number of imidazole rings is 1. The van der Waals surface area contributed by atoms with Gasteiger partial charge in [0.2, 0.25) is 5.91 Å². The number of aromatic nitrogens is 6. The van der Waals surface area contributed by atoms with Crippen LogP contribution >= 0.6 is 0 Å². The fourth-order valence-electron chi connectivity index (χ4n) is 4.54. The molecule has 4 heterocycles. The molecule has 0 bridgehead atoms. The van der Waals surface area contributed by atoms with E-state index in [0.29, 0.717) is 56.9 Å². The van der Waals surface area contributed by atoms with E-state index in [1.54, 1.807) is 48.9 Å². The van der Waals surface area contributed by atoms with Crippen LogP contribution in [0.5, 0.6) is 0 Å². The number of rotatable bonds is 6. The van der Waals surface area contributed by atoms with Gasteiger partial charge in [-0.05, 0) is 60.0 Å². The number of halogens is 2. The summed E-state index contributed by atoms with van der Waals surface area (Å²) in [6.07, 6.45) is 5.20. The molecular weight excluding hydrogens is 500 g/mol. The molecule has 4 aromatic heterocycles. The second kappa shape index (κ2) is 9.71. The van der Waals surface area contributed by atoms with Gasteiger partial charge in [-0.1, -0.05) is 13.8 Å². The Kier molecular flexibility index (Phi) is 6.07. The van der Waals surface area contributed by atoms with Crippen LogP contribution in [-0.2, 0) is 4.79 Å². The van der Waals surface area contributed by atoms with Crippen molar-refractivity contribution >= 4 is 33.5 Å². The minimum atomic E-state index is -0.510. The first kappa shape index (κ1) is 24.4. The fourth-order valence-corrected chi connectivity index (χ4v) is 4.54. The van der Waals surface area contributed by atoms with Crippen molar-refractivity contribution in [2.24, 2.45) is 5.92 Å². The Morgan fingerprint density at radius 2 is 1.79 bits per heavy atom. The lowest BCUT2D eigenvalue weighted by molar-refractivity contribution is -0.116. The Balaban J connectivity index is 1.41. The van der Waals surface area contributed by atoms with Crippen molar-refractivity contribution in [2.45, 2.75) is 20.3 Å². The number of pyridine rings is 2. The molecule has 10 heteroatoms. The third-order valence-electron chi connectivity index (χ3n) is 6.32. The molecule has 0 atom stereocenters. The summed E-state index contributed by atoms with van der Waals surface area (Å²) >= 11 is 0. The number of nitrogens with one attached hydrogen (secondary N) is 3. The molecule has 8 nitrogen and oxygen atoms in total. The zero-order valence-electron chi connectivity index (χ0n) is 21.1. The van der Waals surface area contributed by atoms with E-state index < -0.39 is 5.82 Å². The molecule has 0 aliphatic carbocycles. The number of nitrogens with zero attached hydrogens (tertiary/aromatic N) is 4. The molecule has 2 aromatic carbocycles. The second-order valence-electron chi connectivity index (χ2n) is 9.71. The minimum Gasteiger partial charge on any atom is -0.337 e. The highest BCUT2D eigenvalue weighted by molar-refractivity contribution is 5.98. The number of anilines is 1. The van der Waals surface area contributed by atoms with Crippen LogP contribution in [0.3, 0.4) is 0 Å². The highest BCUT2D eigenvalue weighted by atomic mass is 19.1. The maximum Gasteiger partial charge on any atom is 0.224 e. The van der Waals surface area contributed by atoms with E-state index in [4.69, 9.17) is 4.98 Å². The van der Waals surface area contributed by atoms with E-state index in [0.717, 1.165) is 5.56 Å². The third kappa shape index (κ3) is 4.72. The van der Waals surface area contributed by atoms with Crippen LogP contribution in [0.4, 0.5) is 14.5 Å². The Hall–Kier alpha value is -4.99. The van der Waals surface area contributed by atoms with Gasteiger partial charge in [0.1, 0.15) is 22.5 Å². The largest absolute Gasteiger partial charge is 0.337 e. The Morgan fingerprint density at radius 3 is 2.59 bits per heavy atom. The first-order valence-electron chi connectivity index (χ1n) is 12.4. The topological polar surface area (TPSA) is 112 Å². The van der Waals surface area contributed by atoms with E-state index in [1.165, 1.54) is 18.2 Å². The van der Waals surface area contributed by atoms with E-state index in [2.05, 4.69) is 30.5 Å². The number of amides is 1. The summed E-state index contributed by atoms with van der Waals surface area (Å²) in [6, 6.07) is 12.8. The molecule has 0 fully saturated rings. The van der Waals surface area contributed by atoms with Crippen molar-refractivity contribution in [3.63, 3.8) is 0 Å². The van der Waals surface area contributed by atoms with Crippen molar-refractivity contribution < 1.29 is 13.6 Å². The van der Waals surface area contributed by atoms with Gasteiger partial charge in [-0.25, -0.2) is 13.8 Å². The molecule has 1 amide bonds. The maximum absolute atomic E-state index is 15.2. The van der Waals surface area contributed by atoms with Crippen LogP contribution in [0.15, 0.2) is 67.1 Å². The monoisotopic (exact) mass is 523 g/mol. The number of fused-ring (bicyclic) bond motifs is 2. The van der Waals surface area contributed by atoms with Crippen molar-refractivity contribution in [3.8, 4) is 33.9 Å². The normalized spacial score (nSPS) is 11.5. The quantitative estimate of drug-likeness (QED) is 0.231. The first-order valence-corrected chi connectivity index (χ1v) is 12.4. The standard InChI is InChI=1S/C29H23F2N7O/c1-15(2)9-24(39)34-20-10-18(13-32-14-20)17-11-21-26(22(31)12-17)37-38-27(21)29-35-23-7-8-33-25(28(23)36-29)16-3-5-19(30)6-4-16/h3-8,10-15H,9H2,1-2H3,(H,34,39)(H,35,36)(H,37,38). The van der Waals surface area contributed by atoms with Gasteiger partial charge in [-0.2, -0.15) is 5.10 Å². The predicted octanol–water partition coefficient (Wildman–Crippen LogP) is 6.49. The number of carbonyl (C=O) groups is 1. The molecule has 0 radical (unpaired) electrons. The van der Waals surface area contributed by atoms with Gasteiger partial charge in [0, 0.05) is 35.3 Å². The Labute approximate surface area is 221 Å². The van der Waals surface area contributed by atoms with Crippen LogP contribution in [0.1, 0.15) is 20.3 Å². The number of hydrogen-bond acceptors (Lipinski definition) is 5. The van der Waals surface area contributed by atoms with Gasteiger partial charge in [0.05, 0.1) is 23.1 Å². The Bertz CT molecular complexity index is 1840. The van der Waals surface area contributed by atoms with E-state index in [1.807, 2.05) is 13.8 Å². The maximum atomic E-state index is 15.2. The average Bonchev–Trinajstić information content (AvgIpc) is 3.53. The molecule has 0 aliphatic rings. The summed E-state index contributed by atoms with van der Waals surface area (Å²) in [7, 11) is 0. The summed E-state index contributed by atoms with van der Waals surface area (Å²) < 4.78 is 28.7. The summed E-state index contributed by atoms with van der Waals surface area (Å²) in [4.78, 5) is 28.9. The highest BCUT2D eigenvalue weighted by Gasteiger charge is 2.18. The van der Waals surface area contributed by atoms with Crippen molar-refractivity contribution in [1.82, 2.24) is 30.1 Å². The Morgan fingerprint density at radius 1 is 0.974 bits per heavy atom. The molecular formula is C29H23F2N7O. The summed E-state index contributed by atoms with van der Waals surface area (Å²) in [5.74, 6) is -0.286. The van der Waals surface area contributed by atoms with Crippen LogP contribution in [0.25, 0.3) is 55.8 Å². The molecule has 0 saturated carbocycles. The van der Waals surface area contributed by atoms with Crippen LogP contribution < -0.4 is 5.32 Å². The van der Waals surface area contributed by atoms with E-state index in [9.17, 15) is 9.18 Å².